The molecule has 0 fully saturated rings. The summed E-state index contributed by atoms with van der Waals surface area (Å²) >= 11 is 5.00. The Kier molecular flexibility index (Phi) is 4.80. The Morgan fingerprint density at radius 3 is 2.44 bits per heavy atom. The zero-order valence-electron chi connectivity index (χ0n) is 6.18. The van der Waals surface area contributed by atoms with Gasteiger partial charge in [-0.25, -0.2) is 0 Å². The van der Waals surface area contributed by atoms with E-state index in [1.54, 1.807) is 0 Å². The summed E-state index contributed by atoms with van der Waals surface area (Å²) in [5, 5.41) is 0. The van der Waals surface area contributed by atoms with Gasteiger partial charge < -0.3 is 4.18 Å². The van der Waals surface area contributed by atoms with Gasteiger partial charge in [-0.2, -0.15) is 0 Å². The van der Waals surface area contributed by atoms with E-state index in [9.17, 15) is 0 Å². The van der Waals surface area contributed by atoms with Crippen molar-refractivity contribution in [1.82, 2.24) is 0 Å². The highest BCUT2D eigenvalue weighted by molar-refractivity contribution is 8.66. The molecule has 3 heteroatoms. The van der Waals surface area contributed by atoms with E-state index in [1.807, 2.05) is 0 Å². The van der Waals surface area contributed by atoms with Crippen LogP contribution in [0.2, 0.25) is 0 Å². The van der Waals surface area contributed by atoms with E-state index in [0.29, 0.717) is 5.41 Å². The predicted octanol–water partition coefficient (Wildman–Crippen LogP) is 2.93. The fourth-order valence-corrected chi connectivity index (χ4v) is 0.818. The maximum Gasteiger partial charge on any atom is 0.0674 e. The Morgan fingerprint density at radius 1 is 1.56 bits per heavy atom. The lowest BCUT2D eigenvalue weighted by Crippen LogP contribution is -2.15. The quantitative estimate of drug-likeness (QED) is 0.390. The molecule has 0 aliphatic rings. The molecule has 0 bridgehead atoms. The molecule has 0 spiro atoms. The minimum absolute atomic E-state index is 0.301. The molecular weight excluding hydrogens is 152 g/mol. The minimum atomic E-state index is 0.301. The molecular formula is C6H14OS2. The molecule has 0 aromatic rings. The van der Waals surface area contributed by atoms with Crippen LogP contribution >= 0.6 is 22.7 Å². The van der Waals surface area contributed by atoms with Crippen LogP contribution in [0.5, 0.6) is 0 Å². The first kappa shape index (κ1) is 9.66. The fourth-order valence-electron chi connectivity index (χ4n) is 0.288. The predicted molar refractivity (Wildman–Crippen MR) is 46.6 cm³/mol. The highest BCUT2D eigenvalue weighted by Gasteiger charge is 2.14. The molecule has 0 amide bonds. The average molecular weight is 166 g/mol. The van der Waals surface area contributed by atoms with Crippen LogP contribution in [0.15, 0.2) is 0 Å². The summed E-state index contributed by atoms with van der Waals surface area (Å²) in [6.07, 6.45) is 1.14. The largest absolute Gasteiger partial charge is 0.305 e. The Balaban J connectivity index is 3.33. The summed E-state index contributed by atoms with van der Waals surface area (Å²) in [7, 11) is 0. The molecule has 0 rings (SSSR count). The van der Waals surface area contributed by atoms with E-state index < -0.39 is 0 Å². The van der Waals surface area contributed by atoms with Gasteiger partial charge in [0, 0.05) is 0 Å². The second-order valence-electron chi connectivity index (χ2n) is 2.85. The van der Waals surface area contributed by atoms with E-state index in [0.717, 1.165) is 24.1 Å². The van der Waals surface area contributed by atoms with Crippen molar-refractivity contribution in [1.29, 1.82) is 0 Å². The summed E-state index contributed by atoms with van der Waals surface area (Å²) in [6, 6.07) is 0. The lowest BCUT2D eigenvalue weighted by atomic mass is 9.92. The number of hydrogen-bond donors (Lipinski definition) is 1. The second-order valence-corrected chi connectivity index (χ2v) is 3.69. The Hall–Kier alpha value is 0.660. The van der Waals surface area contributed by atoms with E-state index >= 15 is 0 Å². The third-order valence-corrected chi connectivity index (χ3v) is 2.00. The molecule has 56 valence electrons. The average Bonchev–Trinajstić information content (AvgIpc) is 1.84. The molecule has 0 heterocycles. The van der Waals surface area contributed by atoms with Gasteiger partial charge in [0.1, 0.15) is 0 Å². The van der Waals surface area contributed by atoms with Gasteiger partial charge in [-0.15, -0.1) is 0 Å². The third-order valence-electron chi connectivity index (χ3n) is 1.46. The van der Waals surface area contributed by atoms with Crippen molar-refractivity contribution in [3.63, 3.8) is 0 Å². The van der Waals surface area contributed by atoms with Crippen molar-refractivity contribution >= 4 is 22.7 Å². The molecule has 0 radical (unpaired) electrons. The van der Waals surface area contributed by atoms with Gasteiger partial charge in [0.05, 0.1) is 17.7 Å². The normalized spacial score (nSPS) is 12.0. The Morgan fingerprint density at radius 2 is 2.11 bits per heavy atom. The van der Waals surface area contributed by atoms with Crippen molar-refractivity contribution in [2.45, 2.75) is 27.2 Å². The van der Waals surface area contributed by atoms with Crippen LogP contribution in [0.1, 0.15) is 27.2 Å². The molecule has 0 aromatic carbocycles. The van der Waals surface area contributed by atoms with Crippen molar-refractivity contribution in [3.8, 4) is 0 Å². The van der Waals surface area contributed by atoms with E-state index in [-0.39, 0.29) is 0 Å². The van der Waals surface area contributed by atoms with Gasteiger partial charge in [0.25, 0.3) is 0 Å². The SMILES string of the molecule is CCC(C)(C)COSS. The first-order valence-electron chi connectivity index (χ1n) is 3.05. The molecule has 0 unspecified atom stereocenters. The van der Waals surface area contributed by atoms with Gasteiger partial charge in [-0.1, -0.05) is 32.4 Å². The Labute approximate surface area is 66.6 Å². The summed E-state index contributed by atoms with van der Waals surface area (Å²) < 4.78 is 5.07. The topological polar surface area (TPSA) is 9.23 Å². The zero-order chi connectivity index (χ0) is 7.33. The van der Waals surface area contributed by atoms with Crippen LogP contribution in [0.3, 0.4) is 0 Å². The maximum atomic E-state index is 5.07. The summed E-state index contributed by atoms with van der Waals surface area (Å²) in [5.74, 6) is 0. The van der Waals surface area contributed by atoms with Crippen molar-refractivity contribution in [3.05, 3.63) is 0 Å². The number of rotatable bonds is 4. The standard InChI is InChI=1S/C6H14OS2/c1-4-6(2,3)5-7-9-8/h8H,4-5H2,1-3H3. The van der Waals surface area contributed by atoms with Gasteiger partial charge in [-0.3, -0.25) is 0 Å². The first-order chi connectivity index (χ1) is 4.12. The van der Waals surface area contributed by atoms with Crippen molar-refractivity contribution in [2.24, 2.45) is 5.41 Å². The highest BCUT2D eigenvalue weighted by Crippen LogP contribution is 2.22. The van der Waals surface area contributed by atoms with E-state index in [4.69, 9.17) is 4.18 Å². The van der Waals surface area contributed by atoms with Crippen LogP contribution in [-0.4, -0.2) is 6.61 Å². The lowest BCUT2D eigenvalue weighted by molar-refractivity contribution is 0.203. The van der Waals surface area contributed by atoms with Crippen LogP contribution in [0, 0.1) is 5.41 Å². The van der Waals surface area contributed by atoms with Crippen LogP contribution < -0.4 is 0 Å². The van der Waals surface area contributed by atoms with Crippen LogP contribution in [-0.2, 0) is 4.18 Å². The van der Waals surface area contributed by atoms with Gasteiger partial charge in [-0.05, 0) is 11.8 Å². The highest BCUT2D eigenvalue weighted by atomic mass is 33.1. The molecule has 0 N–H and O–H groups in total. The molecule has 1 nitrogen and oxygen atoms in total. The number of thiol groups is 1. The molecule has 0 saturated carbocycles. The lowest BCUT2D eigenvalue weighted by Gasteiger charge is -2.20. The molecule has 0 aliphatic heterocycles. The van der Waals surface area contributed by atoms with Crippen LogP contribution in [0.4, 0.5) is 0 Å². The minimum Gasteiger partial charge on any atom is -0.305 e. The van der Waals surface area contributed by atoms with Crippen molar-refractivity contribution in [2.75, 3.05) is 6.61 Å². The smallest absolute Gasteiger partial charge is 0.0674 e. The summed E-state index contributed by atoms with van der Waals surface area (Å²) in [4.78, 5) is 0. The van der Waals surface area contributed by atoms with Gasteiger partial charge in [0.15, 0.2) is 0 Å². The Bertz CT molecular complexity index is 73.5. The molecule has 0 atom stereocenters. The maximum absolute atomic E-state index is 5.07. The van der Waals surface area contributed by atoms with E-state index in [1.165, 1.54) is 0 Å². The third kappa shape index (κ3) is 5.12. The van der Waals surface area contributed by atoms with Crippen molar-refractivity contribution < 1.29 is 4.18 Å². The van der Waals surface area contributed by atoms with Gasteiger partial charge in [0.2, 0.25) is 0 Å². The van der Waals surface area contributed by atoms with Crippen LogP contribution in [0.25, 0.3) is 0 Å². The monoisotopic (exact) mass is 166 g/mol. The summed E-state index contributed by atoms with van der Waals surface area (Å²) in [6.45, 7) is 7.29. The summed E-state index contributed by atoms with van der Waals surface area (Å²) in [5.41, 5.74) is 0.301. The number of hydrogen-bond acceptors (Lipinski definition) is 3. The van der Waals surface area contributed by atoms with Gasteiger partial charge >= 0.3 is 0 Å². The molecule has 0 aromatic heterocycles. The fraction of sp³-hybridized carbons (Fsp3) is 1.00. The molecule has 0 aliphatic carbocycles. The molecule has 9 heavy (non-hydrogen) atoms. The van der Waals surface area contributed by atoms with E-state index in [2.05, 4.69) is 32.4 Å². The second kappa shape index (κ2) is 4.47. The molecule has 0 saturated heterocycles. The zero-order valence-corrected chi connectivity index (χ0v) is 7.89. The first-order valence-corrected chi connectivity index (χ1v) is 4.85.